The van der Waals surface area contributed by atoms with Crippen LogP contribution in [0, 0.1) is 5.92 Å². The van der Waals surface area contributed by atoms with Gasteiger partial charge in [0.05, 0.1) is 28.7 Å². The van der Waals surface area contributed by atoms with E-state index in [1.54, 1.807) is 17.9 Å². The second kappa shape index (κ2) is 7.88. The smallest absolute Gasteiger partial charge is 0.254 e. The van der Waals surface area contributed by atoms with Crippen molar-refractivity contribution in [1.82, 2.24) is 25.3 Å². The van der Waals surface area contributed by atoms with Crippen LogP contribution in [0.3, 0.4) is 0 Å². The lowest BCUT2D eigenvalue weighted by Gasteiger charge is -2.34. The van der Waals surface area contributed by atoms with Crippen molar-refractivity contribution in [1.29, 1.82) is 0 Å². The fourth-order valence-electron chi connectivity index (χ4n) is 4.15. The number of aromatic nitrogens is 4. The molecule has 1 aliphatic heterocycles. The van der Waals surface area contributed by atoms with E-state index in [1.807, 2.05) is 32.3 Å². The van der Waals surface area contributed by atoms with Gasteiger partial charge in [-0.2, -0.15) is 15.0 Å². The number of hydrogen-bond donors (Lipinski definition) is 3. The Morgan fingerprint density at radius 3 is 2.64 bits per heavy atom. The largest absolute Gasteiger partial charge is 0.364 e. The molecule has 0 spiro atoms. The molecule has 2 amide bonds. The number of nitrogens with zero attached hydrogens (tertiary/aromatic N) is 5. The number of carbonyl (C=O) groups is 2. The van der Waals surface area contributed by atoms with Crippen LogP contribution >= 0.6 is 0 Å². The molecule has 1 fully saturated rings. The van der Waals surface area contributed by atoms with Crippen LogP contribution < -0.4 is 20.9 Å². The van der Waals surface area contributed by atoms with Crippen molar-refractivity contribution >= 4 is 34.7 Å². The molecule has 1 atom stereocenters. The number of fused-ring (bicyclic) bond motifs is 3. The second-order valence-corrected chi connectivity index (χ2v) is 8.49. The van der Waals surface area contributed by atoms with Crippen molar-refractivity contribution in [3.8, 4) is 11.3 Å². The number of aryl methyl sites for hydroxylation is 1. The van der Waals surface area contributed by atoms with Crippen molar-refractivity contribution in [2.45, 2.75) is 25.8 Å². The summed E-state index contributed by atoms with van der Waals surface area (Å²) in [6.07, 6.45) is 3.28. The molecule has 5 rings (SSSR count). The van der Waals surface area contributed by atoms with Gasteiger partial charge in [-0.1, -0.05) is 12.1 Å². The van der Waals surface area contributed by atoms with E-state index >= 15 is 0 Å². The zero-order chi connectivity index (χ0) is 23.3. The van der Waals surface area contributed by atoms with Gasteiger partial charge in [0.2, 0.25) is 5.91 Å². The number of carbonyl (C=O) groups excluding carboxylic acids is 2. The summed E-state index contributed by atoms with van der Waals surface area (Å²) < 4.78 is 0. The average molecular weight is 447 g/mol. The van der Waals surface area contributed by atoms with Crippen molar-refractivity contribution in [2.24, 2.45) is 13.0 Å². The predicted octanol–water partition coefficient (Wildman–Crippen LogP) is 2.84. The first-order chi connectivity index (χ1) is 15.9. The Morgan fingerprint density at radius 1 is 1.12 bits per heavy atom. The van der Waals surface area contributed by atoms with E-state index in [1.165, 1.54) is 6.20 Å². The molecule has 1 saturated carbocycles. The quantitative estimate of drug-likeness (QED) is 0.552. The highest BCUT2D eigenvalue weighted by Crippen LogP contribution is 2.46. The SMILES string of the molecule is CNC(=O)c1cnc(NC(=O)C2CC2)cc1Nc1cccc2c1N(C)[C@@H](C)c1nn(C)nc1-2. The molecular weight excluding hydrogens is 420 g/mol. The molecule has 1 aliphatic carbocycles. The minimum atomic E-state index is -0.271. The molecule has 3 N–H and O–H groups in total. The van der Waals surface area contributed by atoms with E-state index in [9.17, 15) is 9.59 Å². The number of para-hydroxylation sites is 1. The standard InChI is InChI=1S/C23H26N8O2/c1-12-19-20(29-31(4)28-19)14-6-5-7-16(21(14)30(12)3)26-17-10-18(27-22(32)13-8-9-13)25-11-15(17)23(33)24-2/h5-7,10-13H,8-9H2,1-4H3,(H,24,33)(H2,25,26,27,32)/t12-/m0/s1. The summed E-state index contributed by atoms with van der Waals surface area (Å²) in [4.78, 5) is 32.8. The Hall–Kier alpha value is -3.95. The van der Waals surface area contributed by atoms with Crippen molar-refractivity contribution < 1.29 is 9.59 Å². The normalized spacial score (nSPS) is 16.6. The molecule has 3 heterocycles. The number of anilines is 4. The Morgan fingerprint density at radius 2 is 1.91 bits per heavy atom. The van der Waals surface area contributed by atoms with Crippen LogP contribution in [0.25, 0.3) is 11.3 Å². The van der Waals surface area contributed by atoms with Gasteiger partial charge < -0.3 is 20.9 Å². The van der Waals surface area contributed by atoms with Gasteiger partial charge in [-0.25, -0.2) is 4.98 Å². The van der Waals surface area contributed by atoms with Crippen LogP contribution in [0.1, 0.15) is 41.9 Å². The lowest BCUT2D eigenvalue weighted by molar-refractivity contribution is -0.117. The van der Waals surface area contributed by atoms with Crippen molar-refractivity contribution in [2.75, 3.05) is 29.6 Å². The maximum Gasteiger partial charge on any atom is 0.254 e. The van der Waals surface area contributed by atoms with E-state index in [0.29, 0.717) is 17.1 Å². The third-order valence-electron chi connectivity index (χ3n) is 6.20. The summed E-state index contributed by atoms with van der Waals surface area (Å²) in [6, 6.07) is 7.64. The molecule has 0 unspecified atom stereocenters. The minimum absolute atomic E-state index is 0.0217. The highest BCUT2D eigenvalue weighted by molar-refractivity contribution is 6.02. The van der Waals surface area contributed by atoms with Gasteiger partial charge in [0, 0.05) is 44.9 Å². The Balaban J connectivity index is 1.57. The van der Waals surface area contributed by atoms with Crippen LogP contribution in [0.5, 0.6) is 0 Å². The van der Waals surface area contributed by atoms with E-state index in [-0.39, 0.29) is 23.8 Å². The number of nitrogens with one attached hydrogen (secondary N) is 3. The number of rotatable bonds is 5. The lowest BCUT2D eigenvalue weighted by Crippen LogP contribution is -2.27. The first-order valence-corrected chi connectivity index (χ1v) is 10.9. The molecule has 10 heteroatoms. The average Bonchev–Trinajstić information content (AvgIpc) is 3.58. The predicted molar refractivity (Wildman–Crippen MR) is 126 cm³/mol. The highest BCUT2D eigenvalue weighted by Gasteiger charge is 2.32. The van der Waals surface area contributed by atoms with Gasteiger partial charge in [-0.3, -0.25) is 9.59 Å². The Kier molecular flexibility index (Phi) is 4.99. The van der Waals surface area contributed by atoms with E-state index < -0.39 is 0 Å². The molecule has 33 heavy (non-hydrogen) atoms. The third kappa shape index (κ3) is 3.67. The zero-order valence-electron chi connectivity index (χ0n) is 19.0. The fraction of sp³-hybridized carbons (Fsp3) is 0.348. The van der Waals surface area contributed by atoms with Crippen LogP contribution in [0.4, 0.5) is 22.9 Å². The van der Waals surface area contributed by atoms with Crippen LogP contribution in [0.2, 0.25) is 0 Å². The summed E-state index contributed by atoms with van der Waals surface area (Å²) in [5.74, 6) is 0.152. The summed E-state index contributed by atoms with van der Waals surface area (Å²) in [5, 5.41) is 18.0. The molecular formula is C23H26N8O2. The molecule has 2 aromatic heterocycles. The molecule has 3 aromatic rings. The second-order valence-electron chi connectivity index (χ2n) is 8.49. The first-order valence-electron chi connectivity index (χ1n) is 10.9. The van der Waals surface area contributed by atoms with Gasteiger partial charge in [0.1, 0.15) is 17.2 Å². The monoisotopic (exact) mass is 446 g/mol. The molecule has 10 nitrogen and oxygen atoms in total. The van der Waals surface area contributed by atoms with Gasteiger partial charge in [-0.05, 0) is 25.8 Å². The summed E-state index contributed by atoms with van der Waals surface area (Å²) in [5.41, 5.74) is 5.43. The van der Waals surface area contributed by atoms with Crippen LogP contribution in [-0.4, -0.2) is 45.9 Å². The highest BCUT2D eigenvalue weighted by atomic mass is 16.2. The third-order valence-corrected chi connectivity index (χ3v) is 6.20. The molecule has 1 aromatic carbocycles. The van der Waals surface area contributed by atoms with Crippen LogP contribution in [-0.2, 0) is 11.8 Å². The van der Waals surface area contributed by atoms with Gasteiger partial charge in [0.15, 0.2) is 0 Å². The maximum absolute atomic E-state index is 12.5. The van der Waals surface area contributed by atoms with Crippen LogP contribution in [0.15, 0.2) is 30.5 Å². The maximum atomic E-state index is 12.5. The number of benzene rings is 1. The first kappa shape index (κ1) is 20.9. The molecule has 0 bridgehead atoms. The number of amides is 2. The van der Waals surface area contributed by atoms with E-state index in [0.717, 1.165) is 41.2 Å². The molecule has 0 saturated heterocycles. The Labute approximate surface area is 191 Å². The topological polar surface area (TPSA) is 117 Å². The van der Waals surface area contributed by atoms with Gasteiger partial charge >= 0.3 is 0 Å². The minimum Gasteiger partial charge on any atom is -0.364 e. The fourth-order valence-corrected chi connectivity index (χ4v) is 4.15. The summed E-state index contributed by atoms with van der Waals surface area (Å²) in [6.45, 7) is 2.08. The zero-order valence-corrected chi connectivity index (χ0v) is 19.0. The summed E-state index contributed by atoms with van der Waals surface area (Å²) >= 11 is 0. The van der Waals surface area contributed by atoms with Crippen molar-refractivity contribution in [3.05, 3.63) is 41.7 Å². The number of hydrogen-bond acceptors (Lipinski definition) is 7. The van der Waals surface area contributed by atoms with Gasteiger partial charge in [-0.15, -0.1) is 0 Å². The van der Waals surface area contributed by atoms with Gasteiger partial charge in [0.25, 0.3) is 5.91 Å². The van der Waals surface area contributed by atoms with Crippen molar-refractivity contribution in [3.63, 3.8) is 0 Å². The molecule has 2 aliphatic rings. The van der Waals surface area contributed by atoms with E-state index in [2.05, 4.69) is 43.0 Å². The molecule has 0 radical (unpaired) electrons. The summed E-state index contributed by atoms with van der Waals surface area (Å²) in [7, 11) is 5.40. The lowest BCUT2D eigenvalue weighted by atomic mass is 9.96. The number of pyridine rings is 1. The Bertz CT molecular complexity index is 1260. The van der Waals surface area contributed by atoms with E-state index in [4.69, 9.17) is 0 Å². The molecule has 170 valence electrons.